The molecule has 14 nitrogen and oxygen atoms in total. The minimum absolute atomic E-state index is 0.210. The van der Waals surface area contributed by atoms with Crippen LogP contribution in [0.5, 0.6) is 0 Å². The van der Waals surface area contributed by atoms with Crippen LogP contribution in [0.25, 0.3) is 0 Å². The zero-order valence-electron chi connectivity index (χ0n) is 39.7. The first kappa shape index (κ1) is 59.4. The molecule has 0 spiro atoms. The van der Waals surface area contributed by atoms with E-state index in [9.17, 15) is 44.1 Å². The molecule has 0 aromatic heterocycles. The number of aliphatic hydroxyl groups excluding tert-OH is 3. The van der Waals surface area contributed by atoms with Crippen LogP contribution in [0, 0.1) is 0 Å². The Kier molecular flexibility index (Phi) is 36.3. The van der Waals surface area contributed by atoms with Crippen LogP contribution in [0.4, 0.5) is 0 Å². The fourth-order valence-electron chi connectivity index (χ4n) is 8.35. The molecule has 6 N–H and O–H groups in total. The van der Waals surface area contributed by atoms with Gasteiger partial charge in [0.05, 0.1) is 25.6 Å². The maximum atomic E-state index is 13.7. The number of carbonyl (C=O) groups excluding carboxylic acids is 3. The zero-order valence-corrected chi connectivity index (χ0v) is 40.6. The van der Waals surface area contributed by atoms with E-state index in [1.165, 1.54) is 103 Å². The number of amides is 1. The van der Waals surface area contributed by atoms with Crippen molar-refractivity contribution in [2.24, 2.45) is 0 Å². The maximum Gasteiger partial charge on any atom is 0.470 e. The second-order valence-corrected chi connectivity index (χ2v) is 19.2. The number of nitrogens with one attached hydrogen (secondary N) is 1. The predicted octanol–water partition coefficient (Wildman–Crippen LogP) is 10.2. The molecule has 1 aliphatic heterocycles. The molecule has 1 aliphatic rings. The lowest BCUT2D eigenvalue weighted by molar-refractivity contribution is -0.256. The molecule has 63 heavy (non-hydrogen) atoms. The van der Waals surface area contributed by atoms with Crippen molar-refractivity contribution in [2.75, 3.05) is 6.61 Å². The van der Waals surface area contributed by atoms with Gasteiger partial charge >= 0.3 is 19.8 Å². The monoisotopic (exact) mass is 922 g/mol. The maximum absolute atomic E-state index is 13.7. The Morgan fingerprint density at radius 1 is 0.603 bits per heavy atom. The molecule has 0 unspecified atom stereocenters. The van der Waals surface area contributed by atoms with E-state index in [0.717, 1.165) is 70.6 Å². The number of hydrogen-bond donors (Lipinski definition) is 6. The lowest BCUT2D eigenvalue weighted by Gasteiger charge is -2.43. The fourth-order valence-corrected chi connectivity index (χ4v) is 8.92. The van der Waals surface area contributed by atoms with Gasteiger partial charge in [-0.15, -0.1) is 0 Å². The van der Waals surface area contributed by atoms with E-state index in [4.69, 9.17) is 18.7 Å². The Hall–Kier alpha value is -1.64. The molecule has 0 bridgehead atoms. The number of unbranched alkanes of at least 4 members (excludes halogenated alkanes) is 26. The smallest absolute Gasteiger partial charge is 0.462 e. The third-order valence-corrected chi connectivity index (χ3v) is 12.6. The number of esters is 2. The summed E-state index contributed by atoms with van der Waals surface area (Å²) >= 11 is 0. The molecule has 1 fully saturated rings. The van der Waals surface area contributed by atoms with E-state index < -0.39 is 75.1 Å². The topological polar surface area (TPSA) is 218 Å². The van der Waals surface area contributed by atoms with Crippen molar-refractivity contribution < 1.29 is 62.8 Å². The van der Waals surface area contributed by atoms with Crippen molar-refractivity contribution in [1.29, 1.82) is 0 Å². The number of ether oxygens (including phenoxy) is 3. The molecule has 0 aliphatic carbocycles. The first-order valence-corrected chi connectivity index (χ1v) is 26.9. The van der Waals surface area contributed by atoms with Crippen molar-refractivity contribution in [3.8, 4) is 0 Å². The minimum Gasteiger partial charge on any atom is -0.462 e. The fraction of sp³-hybridized carbons (Fsp3) is 0.938. The van der Waals surface area contributed by atoms with Gasteiger partial charge in [-0.2, -0.15) is 0 Å². The lowest BCUT2D eigenvalue weighted by atomic mass is 9.96. The number of carbonyl (C=O) groups is 3. The van der Waals surface area contributed by atoms with Crippen LogP contribution in [0.15, 0.2) is 0 Å². The summed E-state index contributed by atoms with van der Waals surface area (Å²) in [5, 5.41) is 34.2. The molecule has 1 heterocycles. The van der Waals surface area contributed by atoms with E-state index in [1.54, 1.807) is 0 Å². The summed E-state index contributed by atoms with van der Waals surface area (Å²) in [7, 11) is -5.29. The van der Waals surface area contributed by atoms with Gasteiger partial charge in [-0.25, -0.2) is 4.57 Å². The number of phosphoric ester groups is 1. The van der Waals surface area contributed by atoms with E-state index in [1.807, 2.05) is 0 Å². The van der Waals surface area contributed by atoms with E-state index in [2.05, 4.69) is 26.1 Å². The van der Waals surface area contributed by atoms with Crippen LogP contribution >= 0.6 is 7.82 Å². The van der Waals surface area contributed by atoms with Gasteiger partial charge in [-0.3, -0.25) is 18.9 Å². The highest BCUT2D eigenvalue weighted by Gasteiger charge is 2.51. The Morgan fingerprint density at radius 3 is 1.48 bits per heavy atom. The second-order valence-electron chi connectivity index (χ2n) is 18.0. The van der Waals surface area contributed by atoms with Gasteiger partial charge in [0.25, 0.3) is 0 Å². The predicted molar refractivity (Wildman–Crippen MR) is 247 cm³/mol. The van der Waals surface area contributed by atoms with Crippen LogP contribution < -0.4 is 5.32 Å². The first-order valence-electron chi connectivity index (χ1n) is 25.4. The van der Waals surface area contributed by atoms with Gasteiger partial charge in [-0.1, -0.05) is 194 Å². The number of rotatable bonds is 42. The summed E-state index contributed by atoms with van der Waals surface area (Å²) in [5.74, 6) is -2.06. The van der Waals surface area contributed by atoms with Crippen LogP contribution in [0.2, 0.25) is 0 Å². The van der Waals surface area contributed by atoms with Crippen LogP contribution in [0.1, 0.15) is 239 Å². The van der Waals surface area contributed by atoms with E-state index in [-0.39, 0.29) is 19.3 Å². The molecule has 15 heteroatoms. The molecule has 1 amide bonds. The van der Waals surface area contributed by atoms with Crippen molar-refractivity contribution in [1.82, 2.24) is 5.32 Å². The van der Waals surface area contributed by atoms with Gasteiger partial charge < -0.3 is 44.6 Å². The SMILES string of the molecule is CCCCCCCCCCCCCC(=O)O[C@@H](CCCCCCCCCCC)CC(=O)O[C@@H]1[C@H](NC(=O)C[C@H](O)CCCCCCCCCCC)[C@@H](O)O[C@H](CO)[C@H]1OP(=O)(O)O. The largest absolute Gasteiger partial charge is 0.470 e. The van der Waals surface area contributed by atoms with Gasteiger partial charge in [0.15, 0.2) is 12.4 Å². The number of hydrogen-bond acceptors (Lipinski definition) is 11. The summed E-state index contributed by atoms with van der Waals surface area (Å²) in [6.45, 7) is 5.72. The number of aliphatic hydroxyl groups is 3. The quantitative estimate of drug-likeness (QED) is 0.0191. The van der Waals surface area contributed by atoms with Crippen molar-refractivity contribution in [2.45, 2.75) is 282 Å². The minimum atomic E-state index is -5.29. The molecule has 1 rings (SSSR count). The molecule has 7 atom stereocenters. The standard InChI is InChI=1S/C48H92NO13P/c1-4-7-10-13-16-19-20-23-26-29-32-35-43(53)59-40(34-31-28-25-22-18-15-12-9-6-3)37-44(54)61-47-45(48(55)60-41(38-50)46(47)62-63(56,57)58)49-42(52)36-39(51)33-30-27-24-21-17-14-11-8-5-2/h39-41,45-48,50-51,55H,4-38H2,1-3H3,(H,49,52)(H2,56,57,58)/t39-,40+,41-,45+,46-,47-,48+/m1/s1. The molecular formula is C48H92NO13P. The highest BCUT2D eigenvalue weighted by atomic mass is 31.2. The van der Waals surface area contributed by atoms with Crippen molar-refractivity contribution in [3.05, 3.63) is 0 Å². The molecular weight excluding hydrogens is 829 g/mol. The Labute approximate surface area is 381 Å². The highest BCUT2D eigenvalue weighted by Crippen LogP contribution is 2.42. The third-order valence-electron chi connectivity index (χ3n) is 12.1. The second kappa shape index (κ2) is 38.5. The summed E-state index contributed by atoms with van der Waals surface area (Å²) in [6, 6.07) is -1.58. The molecule has 372 valence electrons. The third kappa shape index (κ3) is 31.8. The van der Waals surface area contributed by atoms with Gasteiger partial charge in [-0.05, 0) is 25.7 Å². The molecule has 0 saturated carbocycles. The molecule has 0 aromatic carbocycles. The van der Waals surface area contributed by atoms with E-state index >= 15 is 0 Å². The van der Waals surface area contributed by atoms with Crippen LogP contribution in [0.3, 0.4) is 0 Å². The molecule has 1 saturated heterocycles. The zero-order chi connectivity index (χ0) is 46.6. The summed E-state index contributed by atoms with van der Waals surface area (Å²) in [4.78, 5) is 59.5. The van der Waals surface area contributed by atoms with Crippen LogP contribution in [-0.2, 0) is 37.7 Å². The Balaban J connectivity index is 2.94. The molecule has 0 radical (unpaired) electrons. The normalized spacial score (nSPS) is 20.0. The Morgan fingerprint density at radius 2 is 1.03 bits per heavy atom. The van der Waals surface area contributed by atoms with Gasteiger partial charge in [0, 0.05) is 6.42 Å². The Bertz CT molecular complexity index is 1190. The van der Waals surface area contributed by atoms with E-state index in [0.29, 0.717) is 25.7 Å². The van der Waals surface area contributed by atoms with Crippen molar-refractivity contribution in [3.63, 3.8) is 0 Å². The van der Waals surface area contributed by atoms with Crippen LogP contribution in [-0.4, -0.2) is 92.4 Å². The average molecular weight is 922 g/mol. The first-order chi connectivity index (χ1) is 30.3. The lowest BCUT2D eigenvalue weighted by Crippen LogP contribution is -2.65. The van der Waals surface area contributed by atoms with Gasteiger partial charge in [0.2, 0.25) is 5.91 Å². The summed E-state index contributed by atoms with van der Waals surface area (Å²) < 4.78 is 34.1. The highest BCUT2D eigenvalue weighted by molar-refractivity contribution is 7.46. The summed E-state index contributed by atoms with van der Waals surface area (Å²) in [6.07, 6.45) is 23.6. The van der Waals surface area contributed by atoms with Crippen molar-refractivity contribution >= 4 is 25.7 Å². The molecule has 0 aromatic rings. The number of phosphoric acid groups is 1. The summed E-state index contributed by atoms with van der Waals surface area (Å²) in [5.41, 5.74) is 0. The van der Waals surface area contributed by atoms with Gasteiger partial charge in [0.1, 0.15) is 24.4 Å². The average Bonchev–Trinajstić information content (AvgIpc) is 3.23.